The SMILES string of the molecule is CCC/C=C\C/C=C\CCCCCCCCOCC(COC(=O)CCCCCCCCCCC/C=C\CCCCCCCC)OC(=O)CCCCCCC/C=C\C/C=C\CCC. The van der Waals surface area contributed by atoms with Gasteiger partial charge in [0.05, 0.1) is 6.61 Å². The van der Waals surface area contributed by atoms with Crippen molar-refractivity contribution in [3.05, 3.63) is 60.8 Å². The van der Waals surface area contributed by atoms with E-state index >= 15 is 0 Å². The predicted octanol–water partition coefficient (Wildman–Crippen LogP) is 18.1. The summed E-state index contributed by atoms with van der Waals surface area (Å²) in [5.74, 6) is -0.415. The summed E-state index contributed by atoms with van der Waals surface area (Å²) in [7, 11) is 0. The maximum Gasteiger partial charge on any atom is 0.306 e. The van der Waals surface area contributed by atoms with E-state index in [1.165, 1.54) is 167 Å². The molecule has 1 atom stereocenters. The number of carbonyl (C=O) groups excluding carboxylic acids is 2. The third-order valence-corrected chi connectivity index (χ3v) is 11.5. The third kappa shape index (κ3) is 50.2. The first-order valence-corrected chi connectivity index (χ1v) is 26.8. The predicted molar refractivity (Wildman–Crippen MR) is 270 cm³/mol. The minimum atomic E-state index is -0.550. The number of ether oxygens (including phenoxy) is 3. The summed E-state index contributed by atoms with van der Waals surface area (Å²) in [5.41, 5.74) is 0. The Labute approximate surface area is 385 Å². The number of hydrogen-bond acceptors (Lipinski definition) is 5. The molecule has 5 heteroatoms. The van der Waals surface area contributed by atoms with Gasteiger partial charge in [-0.25, -0.2) is 0 Å². The molecule has 0 amide bonds. The van der Waals surface area contributed by atoms with E-state index in [9.17, 15) is 9.59 Å². The van der Waals surface area contributed by atoms with E-state index in [1.54, 1.807) is 0 Å². The zero-order valence-electron chi connectivity index (χ0n) is 41.4. The average molecular weight is 867 g/mol. The molecule has 0 aliphatic heterocycles. The fourth-order valence-electron chi connectivity index (χ4n) is 7.46. The van der Waals surface area contributed by atoms with E-state index in [1.807, 2.05) is 0 Å². The molecule has 0 radical (unpaired) electrons. The van der Waals surface area contributed by atoms with Gasteiger partial charge in [0.15, 0.2) is 6.10 Å². The fraction of sp³-hybridized carbons (Fsp3) is 0.789. The van der Waals surface area contributed by atoms with E-state index in [0.29, 0.717) is 19.4 Å². The summed E-state index contributed by atoms with van der Waals surface area (Å²) in [6, 6.07) is 0. The standard InChI is InChI=1S/C57H102O5/c1-4-7-10-13-16-19-22-25-27-28-29-30-31-33-35-38-41-44-47-50-56(58)61-54-55(53-60-52-49-46-43-40-37-34-26-23-20-17-14-11-8-5-2)62-57(59)51-48-45-42-39-36-32-24-21-18-15-12-9-6-3/h11-12,14-15,20-21,23-25,27,55H,4-10,13,16-19,22,26,28-54H2,1-3H3/b14-11-,15-12-,23-20-,24-21-,27-25-. The van der Waals surface area contributed by atoms with Gasteiger partial charge < -0.3 is 14.2 Å². The lowest BCUT2D eigenvalue weighted by atomic mass is 10.1. The van der Waals surface area contributed by atoms with Crippen LogP contribution in [0.1, 0.15) is 265 Å². The molecule has 0 rings (SSSR count). The summed E-state index contributed by atoms with van der Waals surface area (Å²) in [6.07, 6.45) is 66.6. The Bertz CT molecular complexity index is 1070. The maximum atomic E-state index is 12.8. The van der Waals surface area contributed by atoms with Gasteiger partial charge in [-0.3, -0.25) is 9.59 Å². The number of rotatable bonds is 49. The highest BCUT2D eigenvalue weighted by atomic mass is 16.6. The molecule has 0 fully saturated rings. The van der Waals surface area contributed by atoms with Crippen molar-refractivity contribution < 1.29 is 23.8 Å². The van der Waals surface area contributed by atoms with Gasteiger partial charge in [-0.15, -0.1) is 0 Å². The zero-order valence-corrected chi connectivity index (χ0v) is 41.4. The second kappa shape index (κ2) is 52.9. The van der Waals surface area contributed by atoms with Crippen LogP contribution in [0.15, 0.2) is 60.8 Å². The number of allylic oxidation sites excluding steroid dienone is 10. The Kier molecular flexibility index (Phi) is 50.9. The van der Waals surface area contributed by atoms with Crippen LogP contribution in [0.25, 0.3) is 0 Å². The van der Waals surface area contributed by atoms with Crippen LogP contribution in [0.2, 0.25) is 0 Å². The van der Waals surface area contributed by atoms with Crippen molar-refractivity contribution in [1.29, 1.82) is 0 Å². The Morgan fingerprint density at radius 2 is 0.710 bits per heavy atom. The topological polar surface area (TPSA) is 61.8 Å². The third-order valence-electron chi connectivity index (χ3n) is 11.5. The molecule has 5 nitrogen and oxygen atoms in total. The molecule has 62 heavy (non-hydrogen) atoms. The Morgan fingerprint density at radius 1 is 0.355 bits per heavy atom. The van der Waals surface area contributed by atoms with Crippen molar-refractivity contribution in [2.45, 2.75) is 271 Å². The van der Waals surface area contributed by atoms with Crippen molar-refractivity contribution in [3.8, 4) is 0 Å². The van der Waals surface area contributed by atoms with Crippen LogP contribution in [-0.4, -0.2) is 37.9 Å². The van der Waals surface area contributed by atoms with Gasteiger partial charge in [0, 0.05) is 19.4 Å². The molecule has 0 saturated heterocycles. The van der Waals surface area contributed by atoms with Crippen LogP contribution in [0.3, 0.4) is 0 Å². The van der Waals surface area contributed by atoms with Gasteiger partial charge >= 0.3 is 11.9 Å². The number of esters is 2. The van der Waals surface area contributed by atoms with Crippen LogP contribution in [0.4, 0.5) is 0 Å². The summed E-state index contributed by atoms with van der Waals surface area (Å²) < 4.78 is 17.4. The molecule has 360 valence electrons. The number of hydrogen-bond donors (Lipinski definition) is 0. The minimum Gasteiger partial charge on any atom is -0.462 e. The largest absolute Gasteiger partial charge is 0.462 e. The Balaban J connectivity index is 4.25. The number of unbranched alkanes of at least 4 members (excludes halogenated alkanes) is 28. The van der Waals surface area contributed by atoms with Crippen molar-refractivity contribution in [3.63, 3.8) is 0 Å². The fourth-order valence-corrected chi connectivity index (χ4v) is 7.46. The van der Waals surface area contributed by atoms with Crippen LogP contribution in [-0.2, 0) is 23.8 Å². The quantitative estimate of drug-likeness (QED) is 0.0346. The van der Waals surface area contributed by atoms with Gasteiger partial charge in [0.25, 0.3) is 0 Å². The zero-order chi connectivity index (χ0) is 44.9. The molecular weight excluding hydrogens is 765 g/mol. The highest BCUT2D eigenvalue weighted by molar-refractivity contribution is 5.70. The van der Waals surface area contributed by atoms with Crippen molar-refractivity contribution in [2.75, 3.05) is 19.8 Å². The molecule has 0 aliphatic carbocycles. The highest BCUT2D eigenvalue weighted by Crippen LogP contribution is 2.14. The smallest absolute Gasteiger partial charge is 0.306 e. The summed E-state index contributed by atoms with van der Waals surface area (Å²) >= 11 is 0. The molecule has 0 spiro atoms. The van der Waals surface area contributed by atoms with Gasteiger partial charge in [0.1, 0.15) is 6.61 Å². The van der Waals surface area contributed by atoms with E-state index in [-0.39, 0.29) is 25.2 Å². The molecule has 0 heterocycles. The van der Waals surface area contributed by atoms with Crippen LogP contribution in [0.5, 0.6) is 0 Å². The molecule has 1 unspecified atom stereocenters. The van der Waals surface area contributed by atoms with Crippen molar-refractivity contribution in [1.82, 2.24) is 0 Å². The van der Waals surface area contributed by atoms with Gasteiger partial charge in [-0.05, 0) is 96.3 Å². The van der Waals surface area contributed by atoms with Gasteiger partial charge in [0.2, 0.25) is 0 Å². The molecular formula is C57H102O5. The normalized spacial score (nSPS) is 12.6. The Morgan fingerprint density at radius 3 is 1.15 bits per heavy atom. The molecule has 0 aliphatic rings. The first kappa shape index (κ1) is 59.6. The summed E-state index contributed by atoms with van der Waals surface area (Å²) in [6.45, 7) is 7.68. The van der Waals surface area contributed by atoms with E-state index < -0.39 is 6.10 Å². The second-order valence-corrected chi connectivity index (χ2v) is 17.8. The first-order chi connectivity index (χ1) is 30.6. The molecule has 0 aromatic rings. The van der Waals surface area contributed by atoms with E-state index in [0.717, 1.165) is 64.2 Å². The molecule has 0 aromatic heterocycles. The van der Waals surface area contributed by atoms with Crippen molar-refractivity contribution >= 4 is 11.9 Å². The molecule has 0 bridgehead atoms. The monoisotopic (exact) mass is 867 g/mol. The van der Waals surface area contributed by atoms with Crippen molar-refractivity contribution in [2.24, 2.45) is 0 Å². The molecule has 0 saturated carbocycles. The average Bonchev–Trinajstić information content (AvgIpc) is 3.27. The van der Waals surface area contributed by atoms with Gasteiger partial charge in [-0.1, -0.05) is 216 Å². The van der Waals surface area contributed by atoms with Gasteiger partial charge in [-0.2, -0.15) is 0 Å². The first-order valence-electron chi connectivity index (χ1n) is 26.8. The maximum absolute atomic E-state index is 12.8. The summed E-state index contributed by atoms with van der Waals surface area (Å²) in [5, 5.41) is 0. The molecule has 0 N–H and O–H groups in total. The van der Waals surface area contributed by atoms with Crippen LogP contribution < -0.4 is 0 Å². The lowest BCUT2D eigenvalue weighted by Crippen LogP contribution is -2.30. The lowest BCUT2D eigenvalue weighted by molar-refractivity contribution is -0.163. The highest BCUT2D eigenvalue weighted by Gasteiger charge is 2.17. The van der Waals surface area contributed by atoms with E-state index in [2.05, 4.69) is 81.5 Å². The van der Waals surface area contributed by atoms with Crippen LogP contribution in [0, 0.1) is 0 Å². The van der Waals surface area contributed by atoms with E-state index in [4.69, 9.17) is 14.2 Å². The molecule has 0 aromatic carbocycles. The minimum absolute atomic E-state index is 0.0743. The second-order valence-electron chi connectivity index (χ2n) is 17.8. The summed E-state index contributed by atoms with van der Waals surface area (Å²) in [4.78, 5) is 25.4. The number of carbonyl (C=O) groups is 2. The van der Waals surface area contributed by atoms with Crippen LogP contribution >= 0.6 is 0 Å². The lowest BCUT2D eigenvalue weighted by Gasteiger charge is -2.18. The Hall–Kier alpha value is -2.40.